The summed E-state index contributed by atoms with van der Waals surface area (Å²) in [6.07, 6.45) is -3.30. The van der Waals surface area contributed by atoms with Gasteiger partial charge in [0.1, 0.15) is 60.6 Å². The lowest BCUT2D eigenvalue weighted by Crippen LogP contribution is -2.38. The van der Waals surface area contributed by atoms with Gasteiger partial charge in [-0.3, -0.25) is 48.9 Å². The number of methoxy groups -OCH3 is 2. The number of rotatable bonds is 21. The second-order valence-electron chi connectivity index (χ2n) is 19.8. The third-order valence-corrected chi connectivity index (χ3v) is 14.7. The zero-order valence-electron chi connectivity index (χ0n) is 44.8. The van der Waals surface area contributed by atoms with Crippen molar-refractivity contribution in [2.24, 2.45) is 11.8 Å². The number of benzene rings is 4. The maximum absolute atomic E-state index is 14.4. The predicted octanol–water partition coefficient (Wildman–Crippen LogP) is 7.33. The fourth-order valence-electron chi connectivity index (χ4n) is 9.53. The van der Waals surface area contributed by atoms with Crippen LogP contribution in [0.25, 0.3) is 22.3 Å². The van der Waals surface area contributed by atoms with E-state index in [4.69, 9.17) is 37.5 Å². The molecule has 0 aliphatic carbocycles. The van der Waals surface area contributed by atoms with E-state index in [0.29, 0.717) is 11.5 Å². The number of esters is 1. The number of aromatic nitrogens is 8. The standard InChI is InChI=1S/C56H57N10O14P/c1-31(2)49(67)61-54-59-47-45(51(69)63-54)57-29-65(47)43-25-39(79-53(71)33-13-9-7-10-14-33)42(78-43)28-76-81(72)80-40-26-44(66-30-58-46-48(66)60-55(64-52(46)70)62-50(68)32(3)4)77-41(40)27-75-56(34-15-11-8-12-16-34,35-17-21-37(73-5)22-18-35)36-19-23-38(74-6)24-20-36/h7-24,29-32,39-44H,25-28H2,1-6H3,(H3-,59,60,61,62,63,64,67,68,69,70)/p+1/t39-,40-,41+,42+,43+,44+/m0/s1. The van der Waals surface area contributed by atoms with Crippen molar-refractivity contribution in [2.45, 2.75) is 83.0 Å². The predicted molar refractivity (Wildman–Crippen MR) is 293 cm³/mol. The van der Waals surface area contributed by atoms with E-state index in [-0.39, 0.29) is 71.1 Å². The summed E-state index contributed by atoms with van der Waals surface area (Å²) < 4.78 is 67.3. The summed E-state index contributed by atoms with van der Waals surface area (Å²) in [4.78, 5) is 88.2. The molecule has 2 saturated heterocycles. The van der Waals surface area contributed by atoms with Gasteiger partial charge in [0.05, 0.1) is 39.0 Å². The highest BCUT2D eigenvalue weighted by molar-refractivity contribution is 7.33. The Morgan fingerprint density at radius 3 is 1.59 bits per heavy atom. The zero-order chi connectivity index (χ0) is 57.0. The largest absolute Gasteiger partial charge is 0.697 e. The number of hydrogen-bond donors (Lipinski definition) is 4. The van der Waals surface area contributed by atoms with Crippen LogP contribution >= 0.6 is 8.25 Å². The fraction of sp³-hybridized carbons (Fsp3) is 0.339. The SMILES string of the molecule is COc1ccc(C(OC[C@H]2O[C@@H](n3cnc4c(=O)[nH]c(NC(=O)C(C)C)nc43)C[C@@H]2O[P+](=O)OC[C@H]2O[C@@H](n3cnc4c(=O)[nH]c(NC(=O)C(C)C)nc43)C[C@@H]2OC(=O)c2ccccc2)(c2ccccc2)c2ccc(OC)cc2)cc1. The summed E-state index contributed by atoms with van der Waals surface area (Å²) in [5.74, 6) is -1.23. The van der Waals surface area contributed by atoms with Gasteiger partial charge in [-0.15, -0.1) is 9.05 Å². The Kier molecular flexibility index (Phi) is 16.6. The number of carbonyl (C=O) groups is 3. The summed E-state index contributed by atoms with van der Waals surface area (Å²) in [5, 5.41) is 5.24. The van der Waals surface area contributed by atoms with Crippen molar-refractivity contribution < 1.29 is 56.4 Å². The Balaban J connectivity index is 0.961. The topological polar surface area (TPSA) is 293 Å². The molecular weight excluding hydrogens is 1070 g/mol. The van der Waals surface area contributed by atoms with Crippen LogP contribution in [0.15, 0.2) is 131 Å². The van der Waals surface area contributed by atoms with E-state index in [9.17, 15) is 28.5 Å². The molecule has 1 unspecified atom stereocenters. The fourth-order valence-corrected chi connectivity index (χ4v) is 10.3. The normalized spacial score (nSPS) is 19.3. The van der Waals surface area contributed by atoms with Gasteiger partial charge in [0.2, 0.25) is 23.7 Å². The van der Waals surface area contributed by atoms with Crippen LogP contribution in [0.5, 0.6) is 11.5 Å². The molecule has 420 valence electrons. The second kappa shape index (κ2) is 24.1. The van der Waals surface area contributed by atoms with E-state index in [2.05, 4.69) is 40.5 Å². The Hall–Kier alpha value is -8.51. The number of amides is 2. The molecule has 2 amide bonds. The Morgan fingerprint density at radius 2 is 1.11 bits per heavy atom. The molecule has 10 rings (SSSR count). The Labute approximate surface area is 463 Å². The second-order valence-corrected chi connectivity index (χ2v) is 20.7. The van der Waals surface area contributed by atoms with Gasteiger partial charge >= 0.3 is 14.2 Å². The van der Waals surface area contributed by atoms with Gasteiger partial charge in [0, 0.05) is 29.2 Å². The first kappa shape index (κ1) is 55.8. The summed E-state index contributed by atoms with van der Waals surface area (Å²) in [6.45, 7) is 6.15. The van der Waals surface area contributed by atoms with Crippen LogP contribution in [0.3, 0.4) is 0 Å². The average molecular weight is 1130 g/mol. The molecule has 24 nitrogen and oxygen atoms in total. The van der Waals surface area contributed by atoms with Crippen LogP contribution in [0.4, 0.5) is 11.9 Å². The summed E-state index contributed by atoms with van der Waals surface area (Å²) in [5.41, 5.74) is 0.0246. The third-order valence-electron chi connectivity index (χ3n) is 13.8. The number of anilines is 2. The molecule has 4 aromatic heterocycles. The number of imidazole rings is 2. The van der Waals surface area contributed by atoms with E-state index < -0.39 is 86.3 Å². The Bertz CT molecular complexity index is 3640. The molecule has 8 aromatic rings. The van der Waals surface area contributed by atoms with Crippen LogP contribution in [-0.2, 0) is 47.8 Å². The number of nitrogens with one attached hydrogen (secondary N) is 4. The number of hydrogen-bond acceptors (Lipinski definition) is 18. The van der Waals surface area contributed by atoms with Crippen molar-refractivity contribution in [1.29, 1.82) is 0 Å². The number of fused-ring (bicyclic) bond motifs is 2. The number of nitrogens with zero attached hydrogens (tertiary/aromatic N) is 6. The molecular formula is C56H58N10O14P+. The minimum absolute atomic E-state index is 0.00570. The molecule has 2 aliphatic heterocycles. The molecule has 25 heteroatoms. The zero-order valence-corrected chi connectivity index (χ0v) is 45.7. The smallest absolute Gasteiger partial charge is 0.497 e. The van der Waals surface area contributed by atoms with Crippen molar-refractivity contribution in [1.82, 2.24) is 39.0 Å². The van der Waals surface area contributed by atoms with Crippen molar-refractivity contribution in [3.8, 4) is 11.5 Å². The van der Waals surface area contributed by atoms with Crippen LogP contribution in [0.2, 0.25) is 0 Å². The first-order chi connectivity index (χ1) is 39.1. The number of aromatic amines is 2. The highest BCUT2D eigenvalue weighted by Crippen LogP contribution is 2.45. The van der Waals surface area contributed by atoms with Gasteiger partial charge in [-0.05, 0) is 53.1 Å². The van der Waals surface area contributed by atoms with Gasteiger partial charge in [0.25, 0.3) is 11.1 Å². The molecule has 2 aliphatic rings. The average Bonchev–Trinajstić information content (AvgIpc) is 4.45. The van der Waals surface area contributed by atoms with Crippen molar-refractivity contribution >= 4 is 60.3 Å². The van der Waals surface area contributed by atoms with Gasteiger partial charge in [-0.1, -0.05) is 100 Å². The van der Waals surface area contributed by atoms with E-state index in [0.717, 1.165) is 16.7 Å². The highest BCUT2D eigenvalue weighted by Gasteiger charge is 2.48. The first-order valence-electron chi connectivity index (χ1n) is 26.0. The van der Waals surface area contributed by atoms with Crippen molar-refractivity contribution in [3.63, 3.8) is 0 Å². The van der Waals surface area contributed by atoms with E-state index in [1.807, 2.05) is 78.9 Å². The van der Waals surface area contributed by atoms with Crippen LogP contribution in [0, 0.1) is 11.8 Å². The molecule has 0 saturated carbocycles. The van der Waals surface area contributed by atoms with E-state index >= 15 is 0 Å². The third kappa shape index (κ3) is 11.9. The molecule has 6 heterocycles. The van der Waals surface area contributed by atoms with Crippen molar-refractivity contribution in [2.75, 3.05) is 38.1 Å². The van der Waals surface area contributed by atoms with Crippen LogP contribution in [0.1, 0.15) is 80.0 Å². The lowest BCUT2D eigenvalue weighted by atomic mass is 9.80. The lowest BCUT2D eigenvalue weighted by Gasteiger charge is -2.37. The Morgan fingerprint density at radius 1 is 0.654 bits per heavy atom. The molecule has 0 radical (unpaired) electrons. The maximum atomic E-state index is 14.4. The molecule has 4 N–H and O–H groups in total. The molecule has 7 atom stereocenters. The number of carbonyl (C=O) groups excluding carboxylic acids is 3. The quantitative estimate of drug-likeness (QED) is 0.0311. The van der Waals surface area contributed by atoms with Crippen LogP contribution < -0.4 is 31.2 Å². The summed E-state index contributed by atoms with van der Waals surface area (Å²) in [6, 6.07) is 32.8. The summed E-state index contributed by atoms with van der Waals surface area (Å²) in [7, 11) is 0.115. The first-order valence-corrected chi connectivity index (χ1v) is 27.1. The number of ether oxygens (including phenoxy) is 6. The molecule has 81 heavy (non-hydrogen) atoms. The van der Waals surface area contributed by atoms with E-state index in [1.54, 1.807) is 72.2 Å². The van der Waals surface area contributed by atoms with Gasteiger partial charge < -0.3 is 28.4 Å². The van der Waals surface area contributed by atoms with Gasteiger partial charge in [0.15, 0.2) is 22.3 Å². The summed E-state index contributed by atoms with van der Waals surface area (Å²) >= 11 is 0. The van der Waals surface area contributed by atoms with Gasteiger partial charge in [-0.2, -0.15) is 9.97 Å². The molecule has 0 bridgehead atoms. The maximum Gasteiger partial charge on any atom is 0.697 e. The molecule has 2 fully saturated rings. The minimum atomic E-state index is -3.04. The highest BCUT2D eigenvalue weighted by atomic mass is 31.1. The minimum Gasteiger partial charge on any atom is -0.497 e. The van der Waals surface area contributed by atoms with Gasteiger partial charge in [-0.25, -0.2) is 14.8 Å². The molecule has 4 aromatic carbocycles. The lowest BCUT2D eigenvalue weighted by molar-refractivity contribution is -0.119. The van der Waals surface area contributed by atoms with E-state index in [1.165, 1.54) is 21.8 Å². The van der Waals surface area contributed by atoms with Crippen LogP contribution in [-0.4, -0.2) is 109 Å². The van der Waals surface area contributed by atoms with Crippen molar-refractivity contribution in [3.05, 3.63) is 165 Å². The molecule has 0 spiro atoms. The number of H-pyrrole nitrogens is 2. The monoisotopic (exact) mass is 1130 g/mol.